The summed E-state index contributed by atoms with van der Waals surface area (Å²) in [5, 5.41) is 10.7. The largest absolute Gasteiger partial charge is 0.369 e. The van der Waals surface area contributed by atoms with Crippen molar-refractivity contribution in [3.63, 3.8) is 0 Å². The van der Waals surface area contributed by atoms with Crippen LogP contribution in [-0.2, 0) is 4.79 Å². The number of nitrogens with zero attached hydrogens (tertiary/aromatic N) is 2. The van der Waals surface area contributed by atoms with E-state index in [2.05, 4.69) is 0 Å². The topological polar surface area (TPSA) is 107 Å². The van der Waals surface area contributed by atoms with Gasteiger partial charge in [0, 0.05) is 25.1 Å². The van der Waals surface area contributed by atoms with Crippen molar-refractivity contribution in [2.24, 2.45) is 11.7 Å². The summed E-state index contributed by atoms with van der Waals surface area (Å²) in [5.74, 6) is -0.861. The third-order valence-electron chi connectivity index (χ3n) is 3.26. The Kier molecular flexibility index (Phi) is 4.24. The van der Waals surface area contributed by atoms with Crippen LogP contribution in [-0.4, -0.2) is 34.7 Å². The molecule has 7 nitrogen and oxygen atoms in total. The highest BCUT2D eigenvalue weighted by Crippen LogP contribution is 2.34. The van der Waals surface area contributed by atoms with Gasteiger partial charge in [-0.3, -0.25) is 19.7 Å². The molecule has 0 spiro atoms. The average molecular weight is 318 g/mol. The van der Waals surface area contributed by atoms with Gasteiger partial charge in [0.1, 0.15) is 4.88 Å². The molecule has 1 fully saturated rings. The summed E-state index contributed by atoms with van der Waals surface area (Å²) < 4.78 is -0.00891. The van der Waals surface area contributed by atoms with Gasteiger partial charge in [-0.15, -0.1) is 11.3 Å². The van der Waals surface area contributed by atoms with Gasteiger partial charge < -0.3 is 10.6 Å². The van der Waals surface area contributed by atoms with Crippen LogP contribution >= 0.6 is 22.9 Å². The van der Waals surface area contributed by atoms with E-state index in [0.29, 0.717) is 25.9 Å². The zero-order chi connectivity index (χ0) is 14.9. The molecule has 0 aromatic carbocycles. The van der Waals surface area contributed by atoms with Crippen LogP contribution in [0.3, 0.4) is 0 Å². The first-order chi connectivity index (χ1) is 9.40. The Hall–Kier alpha value is -1.67. The normalized spacial score (nSPS) is 16.1. The number of likely N-dealkylation sites (tertiary alicyclic amines) is 1. The number of hydrogen-bond acceptors (Lipinski definition) is 5. The van der Waals surface area contributed by atoms with Crippen molar-refractivity contribution in [1.29, 1.82) is 0 Å². The molecular formula is C11H12ClN3O4S. The number of primary amides is 1. The highest BCUT2D eigenvalue weighted by molar-refractivity contribution is 7.18. The van der Waals surface area contributed by atoms with E-state index in [0.717, 1.165) is 11.3 Å². The quantitative estimate of drug-likeness (QED) is 0.675. The molecule has 0 bridgehead atoms. The monoisotopic (exact) mass is 317 g/mol. The molecule has 0 unspecified atom stereocenters. The number of halogens is 1. The predicted molar refractivity (Wildman–Crippen MR) is 73.8 cm³/mol. The van der Waals surface area contributed by atoms with Crippen molar-refractivity contribution < 1.29 is 14.5 Å². The Morgan fingerprint density at radius 2 is 2.05 bits per heavy atom. The van der Waals surface area contributed by atoms with Gasteiger partial charge >= 0.3 is 0 Å². The molecular weight excluding hydrogens is 306 g/mol. The van der Waals surface area contributed by atoms with E-state index in [4.69, 9.17) is 17.3 Å². The fourth-order valence-electron chi connectivity index (χ4n) is 2.11. The summed E-state index contributed by atoms with van der Waals surface area (Å²) >= 11 is 6.63. The molecule has 1 saturated heterocycles. The molecule has 2 N–H and O–H groups in total. The van der Waals surface area contributed by atoms with Crippen molar-refractivity contribution in [1.82, 2.24) is 4.90 Å². The maximum absolute atomic E-state index is 12.2. The fraction of sp³-hybridized carbons (Fsp3) is 0.455. The van der Waals surface area contributed by atoms with Crippen LogP contribution in [0.1, 0.15) is 22.5 Å². The van der Waals surface area contributed by atoms with Crippen molar-refractivity contribution in [3.05, 3.63) is 25.4 Å². The minimum Gasteiger partial charge on any atom is -0.369 e. The lowest BCUT2D eigenvalue weighted by atomic mass is 9.96. The summed E-state index contributed by atoms with van der Waals surface area (Å²) in [4.78, 5) is 35.1. The van der Waals surface area contributed by atoms with E-state index < -0.39 is 4.92 Å². The van der Waals surface area contributed by atoms with Gasteiger partial charge in [-0.25, -0.2) is 0 Å². The van der Waals surface area contributed by atoms with Crippen LogP contribution in [0.2, 0.25) is 4.34 Å². The molecule has 9 heteroatoms. The molecule has 1 aromatic heterocycles. The van der Waals surface area contributed by atoms with Crippen LogP contribution < -0.4 is 5.73 Å². The number of piperidine rings is 1. The van der Waals surface area contributed by atoms with Crippen LogP contribution in [0.5, 0.6) is 0 Å². The average Bonchev–Trinajstić information content (AvgIpc) is 2.80. The summed E-state index contributed by atoms with van der Waals surface area (Å²) in [6.07, 6.45) is 1.03. The number of nitro groups is 1. The third kappa shape index (κ3) is 2.91. The Bertz CT molecular complexity index is 566. The number of rotatable bonds is 3. The highest BCUT2D eigenvalue weighted by Gasteiger charge is 2.29. The zero-order valence-corrected chi connectivity index (χ0v) is 11.9. The first kappa shape index (κ1) is 14.7. The SMILES string of the molecule is NC(=O)C1CCN(C(=O)c2cc([N+](=O)[O-])c(Cl)s2)CC1. The Balaban J connectivity index is 2.07. The molecule has 1 aliphatic rings. The molecule has 2 rings (SSSR count). The van der Waals surface area contributed by atoms with E-state index in [9.17, 15) is 19.7 Å². The standard InChI is InChI=1S/C11H12ClN3O4S/c12-9-7(15(18)19)5-8(20-9)11(17)14-3-1-6(2-4-14)10(13)16/h5-6H,1-4H2,(H2,13,16). The van der Waals surface area contributed by atoms with E-state index in [-0.39, 0.29) is 32.6 Å². The molecule has 108 valence electrons. The second-order valence-corrected chi connectivity index (χ2v) is 6.15. The molecule has 0 atom stereocenters. The number of nitrogens with two attached hydrogens (primary N) is 1. The van der Waals surface area contributed by atoms with Gasteiger partial charge in [0.25, 0.3) is 11.6 Å². The second kappa shape index (κ2) is 5.76. The molecule has 20 heavy (non-hydrogen) atoms. The minimum atomic E-state index is -0.616. The van der Waals surface area contributed by atoms with E-state index >= 15 is 0 Å². The molecule has 1 aliphatic heterocycles. The summed E-state index contributed by atoms with van der Waals surface area (Å²) in [6, 6.07) is 1.19. The fourth-order valence-corrected chi connectivity index (χ4v) is 3.30. The van der Waals surface area contributed by atoms with Gasteiger partial charge in [0.2, 0.25) is 5.91 Å². The maximum atomic E-state index is 12.2. The first-order valence-corrected chi connectivity index (χ1v) is 7.12. The van der Waals surface area contributed by atoms with Gasteiger partial charge in [-0.1, -0.05) is 11.6 Å². The van der Waals surface area contributed by atoms with Crippen LogP contribution in [0.25, 0.3) is 0 Å². The predicted octanol–water partition coefficient (Wildman–Crippen LogP) is 1.65. The van der Waals surface area contributed by atoms with Crippen molar-refractivity contribution in [2.75, 3.05) is 13.1 Å². The van der Waals surface area contributed by atoms with E-state index in [1.165, 1.54) is 6.07 Å². The lowest BCUT2D eigenvalue weighted by Crippen LogP contribution is -2.41. The Morgan fingerprint density at radius 1 is 1.45 bits per heavy atom. The van der Waals surface area contributed by atoms with Gasteiger partial charge in [0.15, 0.2) is 4.34 Å². The third-order valence-corrected chi connectivity index (χ3v) is 4.59. The Labute approximate surface area is 123 Å². The number of carbonyl (C=O) groups is 2. The molecule has 0 saturated carbocycles. The maximum Gasteiger partial charge on any atom is 0.299 e. The lowest BCUT2D eigenvalue weighted by Gasteiger charge is -2.30. The second-order valence-electron chi connectivity index (χ2n) is 4.50. The molecule has 0 aliphatic carbocycles. The number of amides is 2. The van der Waals surface area contributed by atoms with Crippen molar-refractivity contribution in [3.8, 4) is 0 Å². The molecule has 2 heterocycles. The van der Waals surface area contributed by atoms with Crippen LogP contribution in [0, 0.1) is 16.0 Å². The molecule has 1 aromatic rings. The molecule has 2 amide bonds. The number of carbonyl (C=O) groups excluding carboxylic acids is 2. The number of thiophene rings is 1. The number of hydrogen-bond donors (Lipinski definition) is 1. The zero-order valence-electron chi connectivity index (χ0n) is 10.4. The van der Waals surface area contributed by atoms with Crippen LogP contribution in [0.15, 0.2) is 6.07 Å². The van der Waals surface area contributed by atoms with Crippen molar-refractivity contribution >= 4 is 40.4 Å². The summed E-state index contributed by atoms with van der Waals surface area (Å²) in [5.41, 5.74) is 4.97. The summed E-state index contributed by atoms with van der Waals surface area (Å²) in [7, 11) is 0. The Morgan fingerprint density at radius 3 is 2.50 bits per heavy atom. The lowest BCUT2D eigenvalue weighted by molar-refractivity contribution is -0.384. The highest BCUT2D eigenvalue weighted by atomic mass is 35.5. The van der Waals surface area contributed by atoms with Crippen molar-refractivity contribution in [2.45, 2.75) is 12.8 Å². The van der Waals surface area contributed by atoms with Gasteiger partial charge in [0.05, 0.1) is 4.92 Å². The smallest absolute Gasteiger partial charge is 0.299 e. The first-order valence-electron chi connectivity index (χ1n) is 5.92. The van der Waals surface area contributed by atoms with E-state index in [1.807, 2.05) is 0 Å². The van der Waals surface area contributed by atoms with Crippen LogP contribution in [0.4, 0.5) is 5.69 Å². The van der Waals surface area contributed by atoms with Gasteiger partial charge in [-0.2, -0.15) is 0 Å². The molecule has 0 radical (unpaired) electrons. The minimum absolute atomic E-state index is 0.00891. The van der Waals surface area contributed by atoms with Gasteiger partial charge in [-0.05, 0) is 12.8 Å². The summed E-state index contributed by atoms with van der Waals surface area (Å²) in [6.45, 7) is 0.825. The van der Waals surface area contributed by atoms with E-state index in [1.54, 1.807) is 4.90 Å².